The number of hydrogen-bond donors (Lipinski definition) is 1. The van der Waals surface area contributed by atoms with Crippen molar-refractivity contribution < 1.29 is 35.9 Å². The molecule has 0 atom stereocenters. The summed E-state index contributed by atoms with van der Waals surface area (Å²) in [6.45, 7) is 1.43. The Hall–Kier alpha value is -3.45. The number of ether oxygens (including phenoxy) is 2. The zero-order valence-electron chi connectivity index (χ0n) is 16.5. The van der Waals surface area contributed by atoms with Crippen molar-refractivity contribution in [2.75, 3.05) is 13.2 Å². The van der Waals surface area contributed by atoms with E-state index in [0.717, 1.165) is 12.1 Å². The van der Waals surface area contributed by atoms with Crippen LogP contribution in [0.15, 0.2) is 53.7 Å². The van der Waals surface area contributed by atoms with Crippen LogP contribution in [0.1, 0.15) is 21.6 Å². The first kappa shape index (κ1) is 23.2. The van der Waals surface area contributed by atoms with Crippen molar-refractivity contribution in [2.24, 2.45) is 5.14 Å². The van der Waals surface area contributed by atoms with Gasteiger partial charge in [-0.15, -0.1) is 0 Å². The lowest BCUT2D eigenvalue weighted by molar-refractivity contribution is -0.137. The van der Waals surface area contributed by atoms with Crippen LogP contribution in [0.2, 0.25) is 0 Å². The third-order valence-corrected chi connectivity index (χ3v) is 5.19. The molecule has 13 heteroatoms. The lowest BCUT2D eigenvalue weighted by Crippen LogP contribution is -2.14. The van der Waals surface area contributed by atoms with Crippen LogP contribution in [-0.2, 0) is 20.9 Å². The molecule has 0 saturated carbocycles. The van der Waals surface area contributed by atoms with E-state index in [4.69, 9.17) is 14.6 Å². The van der Waals surface area contributed by atoms with Gasteiger partial charge < -0.3 is 9.47 Å². The summed E-state index contributed by atoms with van der Waals surface area (Å²) in [7, 11) is -3.80. The van der Waals surface area contributed by atoms with Gasteiger partial charge in [0.15, 0.2) is 5.82 Å². The average Bonchev–Trinajstić information content (AvgIpc) is 3.11. The number of carbonyl (C=O) groups is 1. The normalized spacial score (nSPS) is 11.9. The number of hydrogen-bond acceptors (Lipinski definition) is 7. The SMILES string of the molecule is Cc1c(C(=O)OCCOc2ccc(S(N)(=O)=O)cc2)cnn1-c1ccc(C(F)(F)F)cn1. The number of esters is 1. The lowest BCUT2D eigenvalue weighted by Gasteiger charge is -2.09. The number of alkyl halides is 3. The van der Waals surface area contributed by atoms with Crippen molar-refractivity contribution >= 4 is 16.0 Å². The highest BCUT2D eigenvalue weighted by molar-refractivity contribution is 7.89. The van der Waals surface area contributed by atoms with Crippen LogP contribution in [-0.4, -0.2) is 42.4 Å². The predicted octanol–water partition coefficient (Wildman–Crippen LogP) is 2.48. The van der Waals surface area contributed by atoms with E-state index < -0.39 is 27.7 Å². The molecule has 2 N–H and O–H groups in total. The molecule has 0 amide bonds. The summed E-state index contributed by atoms with van der Waals surface area (Å²) in [5.74, 6) is -0.236. The van der Waals surface area contributed by atoms with Gasteiger partial charge in [-0.05, 0) is 43.3 Å². The van der Waals surface area contributed by atoms with Crippen molar-refractivity contribution in [3.8, 4) is 11.6 Å². The highest BCUT2D eigenvalue weighted by Gasteiger charge is 2.30. The summed E-state index contributed by atoms with van der Waals surface area (Å²) >= 11 is 0. The van der Waals surface area contributed by atoms with Crippen LogP contribution in [0.5, 0.6) is 5.75 Å². The van der Waals surface area contributed by atoms with Crippen LogP contribution < -0.4 is 9.88 Å². The van der Waals surface area contributed by atoms with Gasteiger partial charge in [-0.1, -0.05) is 0 Å². The first-order valence-corrected chi connectivity index (χ1v) is 10.5. The molecule has 1 aromatic carbocycles. The summed E-state index contributed by atoms with van der Waals surface area (Å²) in [6.07, 6.45) is -2.60. The van der Waals surface area contributed by atoms with Gasteiger partial charge >= 0.3 is 12.1 Å². The Bertz CT molecular complexity index is 1210. The van der Waals surface area contributed by atoms with E-state index in [-0.39, 0.29) is 29.5 Å². The first-order valence-electron chi connectivity index (χ1n) is 8.98. The average molecular weight is 470 g/mol. The van der Waals surface area contributed by atoms with Crippen molar-refractivity contribution in [1.82, 2.24) is 14.8 Å². The number of nitrogens with zero attached hydrogens (tertiary/aromatic N) is 3. The molecule has 2 heterocycles. The molecule has 9 nitrogen and oxygen atoms in total. The van der Waals surface area contributed by atoms with Gasteiger partial charge in [-0.3, -0.25) is 0 Å². The minimum atomic E-state index is -4.51. The number of sulfonamides is 1. The molecular weight excluding hydrogens is 453 g/mol. The van der Waals surface area contributed by atoms with Crippen LogP contribution >= 0.6 is 0 Å². The Labute approximate surface area is 180 Å². The Kier molecular flexibility index (Phi) is 6.50. The zero-order chi connectivity index (χ0) is 23.5. The maximum atomic E-state index is 12.7. The summed E-state index contributed by atoms with van der Waals surface area (Å²) in [5, 5.41) is 8.99. The van der Waals surface area contributed by atoms with Crippen LogP contribution in [0, 0.1) is 6.92 Å². The number of nitrogens with two attached hydrogens (primary N) is 1. The van der Waals surface area contributed by atoms with E-state index in [1.54, 1.807) is 6.92 Å². The Morgan fingerprint density at radius 1 is 1.09 bits per heavy atom. The summed E-state index contributed by atoms with van der Waals surface area (Å²) in [6, 6.07) is 7.40. The fourth-order valence-corrected chi connectivity index (χ4v) is 3.13. The molecule has 0 aliphatic heterocycles. The molecule has 0 spiro atoms. The predicted molar refractivity (Wildman–Crippen MR) is 105 cm³/mol. The molecular formula is C19H17F3N4O5S. The summed E-state index contributed by atoms with van der Waals surface area (Å²) in [4.78, 5) is 16.0. The number of primary sulfonamides is 1. The monoisotopic (exact) mass is 470 g/mol. The molecule has 3 aromatic rings. The smallest absolute Gasteiger partial charge is 0.417 e. The minimum Gasteiger partial charge on any atom is -0.490 e. The first-order chi connectivity index (χ1) is 15.0. The number of rotatable bonds is 7. The topological polar surface area (TPSA) is 126 Å². The van der Waals surface area contributed by atoms with Crippen molar-refractivity contribution in [3.63, 3.8) is 0 Å². The molecule has 0 radical (unpaired) electrons. The number of aromatic nitrogens is 3. The molecule has 170 valence electrons. The maximum absolute atomic E-state index is 12.7. The Morgan fingerprint density at radius 3 is 2.34 bits per heavy atom. The van der Waals surface area contributed by atoms with Crippen molar-refractivity contribution in [3.05, 3.63) is 65.6 Å². The van der Waals surface area contributed by atoms with E-state index in [1.165, 1.54) is 35.1 Å². The van der Waals surface area contributed by atoms with Gasteiger partial charge in [0.2, 0.25) is 10.0 Å². The van der Waals surface area contributed by atoms with E-state index in [9.17, 15) is 26.4 Å². The van der Waals surface area contributed by atoms with E-state index >= 15 is 0 Å². The molecule has 0 fully saturated rings. The minimum absolute atomic E-state index is 0.00585. The third-order valence-electron chi connectivity index (χ3n) is 4.26. The largest absolute Gasteiger partial charge is 0.490 e. The molecule has 0 aliphatic rings. The molecule has 32 heavy (non-hydrogen) atoms. The highest BCUT2D eigenvalue weighted by Crippen LogP contribution is 2.28. The number of benzene rings is 1. The Balaban J connectivity index is 1.57. The third kappa shape index (κ3) is 5.42. The van der Waals surface area contributed by atoms with E-state index in [1.807, 2.05) is 0 Å². The fourth-order valence-electron chi connectivity index (χ4n) is 2.62. The van der Waals surface area contributed by atoms with Gasteiger partial charge in [-0.2, -0.15) is 18.3 Å². The van der Waals surface area contributed by atoms with Gasteiger partial charge in [0.25, 0.3) is 0 Å². The van der Waals surface area contributed by atoms with Crippen LogP contribution in [0.25, 0.3) is 5.82 Å². The molecule has 0 bridgehead atoms. The zero-order valence-corrected chi connectivity index (χ0v) is 17.4. The number of pyridine rings is 1. The van der Waals surface area contributed by atoms with E-state index in [0.29, 0.717) is 17.6 Å². The quantitative estimate of drug-likeness (QED) is 0.415. The van der Waals surface area contributed by atoms with Crippen LogP contribution in [0.3, 0.4) is 0 Å². The lowest BCUT2D eigenvalue weighted by atomic mass is 10.2. The second-order valence-corrected chi connectivity index (χ2v) is 8.02. The second-order valence-electron chi connectivity index (χ2n) is 6.46. The maximum Gasteiger partial charge on any atom is 0.417 e. The van der Waals surface area contributed by atoms with Crippen LogP contribution in [0.4, 0.5) is 13.2 Å². The number of halogens is 3. The molecule has 3 rings (SSSR count). The van der Waals surface area contributed by atoms with Gasteiger partial charge in [0.1, 0.15) is 24.5 Å². The highest BCUT2D eigenvalue weighted by atomic mass is 32.2. The second kappa shape index (κ2) is 8.96. The fraction of sp³-hybridized carbons (Fsp3) is 0.211. The molecule has 2 aromatic heterocycles. The van der Waals surface area contributed by atoms with Gasteiger partial charge in [0, 0.05) is 6.20 Å². The molecule has 0 aliphatic carbocycles. The van der Waals surface area contributed by atoms with Gasteiger partial charge in [-0.25, -0.2) is 28.0 Å². The Morgan fingerprint density at radius 2 is 1.78 bits per heavy atom. The summed E-state index contributed by atoms with van der Waals surface area (Å²) in [5.41, 5.74) is -0.448. The molecule has 0 unspecified atom stereocenters. The van der Waals surface area contributed by atoms with Crippen molar-refractivity contribution in [1.29, 1.82) is 0 Å². The standard InChI is InChI=1S/C19H17F3N4O5S/c1-12-16(11-25-26(12)17-7-2-13(10-24-17)19(20,21)22)18(27)31-9-8-30-14-3-5-15(6-4-14)32(23,28)29/h2-7,10-11H,8-9H2,1H3,(H2,23,28,29). The molecule has 0 saturated heterocycles. The van der Waals surface area contributed by atoms with Crippen molar-refractivity contribution in [2.45, 2.75) is 18.0 Å². The number of carbonyl (C=O) groups excluding carboxylic acids is 1. The van der Waals surface area contributed by atoms with Gasteiger partial charge in [0.05, 0.1) is 22.3 Å². The summed E-state index contributed by atoms with van der Waals surface area (Å²) < 4.78 is 72.1. The van der Waals surface area contributed by atoms with E-state index in [2.05, 4.69) is 10.1 Å².